The van der Waals surface area contributed by atoms with Crippen molar-refractivity contribution in [1.82, 2.24) is 4.31 Å². The van der Waals surface area contributed by atoms with Crippen LogP contribution in [-0.4, -0.2) is 47.3 Å². The van der Waals surface area contributed by atoms with Crippen LogP contribution in [0.5, 0.6) is 0 Å². The number of hydrogen-bond donors (Lipinski definition) is 0. The minimum Gasteiger partial charge on any atom is -0.379 e. The van der Waals surface area contributed by atoms with E-state index in [-0.39, 0.29) is 0 Å². The average molecular weight is 236 g/mol. The highest BCUT2D eigenvalue weighted by Crippen LogP contribution is 2.34. The number of rotatable bonds is 2. The van der Waals surface area contributed by atoms with Gasteiger partial charge in [-0.05, 0) is 21.8 Å². The normalized spacial score (nSPS) is 24.8. The van der Waals surface area contributed by atoms with Crippen LogP contribution in [0.1, 0.15) is 0 Å². The summed E-state index contributed by atoms with van der Waals surface area (Å²) in [5.41, 5.74) is 0. The molecule has 0 atom stereocenters. The molecule has 0 aromatic heterocycles. The van der Waals surface area contributed by atoms with E-state index in [4.69, 9.17) is 4.74 Å². The number of thioether (sulfide) groups is 1. The molecule has 1 fully saturated rings. The van der Waals surface area contributed by atoms with Crippen LogP contribution >= 0.6 is 33.5 Å². The fourth-order valence-corrected chi connectivity index (χ4v) is 4.48. The zero-order chi connectivity index (χ0) is 8.93. The van der Waals surface area contributed by atoms with Gasteiger partial charge in [-0.1, -0.05) is 11.8 Å². The first kappa shape index (κ1) is 10.2. The Morgan fingerprint density at radius 3 is 2.92 bits per heavy atom. The first-order valence-corrected chi connectivity index (χ1v) is 7.39. The van der Waals surface area contributed by atoms with Crippen molar-refractivity contribution in [3.63, 3.8) is 0 Å². The zero-order valence-corrected chi connectivity index (χ0v) is 9.72. The molecular weight excluding hydrogens is 224 g/mol. The van der Waals surface area contributed by atoms with E-state index in [1.54, 1.807) is 10.8 Å². The Bertz CT molecular complexity index is 194. The summed E-state index contributed by atoms with van der Waals surface area (Å²) in [5, 5.41) is 0. The molecule has 0 bridgehead atoms. The molecule has 0 spiro atoms. The fourth-order valence-electron chi connectivity index (χ4n) is 1.07. The Labute approximate surface area is 90.6 Å². The molecule has 1 saturated heterocycles. The quantitative estimate of drug-likeness (QED) is 0.537. The summed E-state index contributed by atoms with van der Waals surface area (Å²) in [5.74, 6) is 1.16. The lowest BCUT2D eigenvalue weighted by Crippen LogP contribution is -2.30. The van der Waals surface area contributed by atoms with Crippen molar-refractivity contribution in [3.8, 4) is 0 Å². The number of nitrogens with zero attached hydrogens (tertiary/aromatic N) is 2. The predicted octanol–water partition coefficient (Wildman–Crippen LogP) is 1.72. The van der Waals surface area contributed by atoms with Gasteiger partial charge >= 0.3 is 0 Å². The maximum atomic E-state index is 5.27. The molecule has 0 N–H and O–H groups in total. The summed E-state index contributed by atoms with van der Waals surface area (Å²) in [4.78, 5) is 4.38. The van der Waals surface area contributed by atoms with Crippen LogP contribution in [0.15, 0.2) is 4.99 Å². The van der Waals surface area contributed by atoms with E-state index in [0.717, 1.165) is 38.6 Å². The lowest BCUT2D eigenvalue weighted by molar-refractivity contribution is 0.0779. The molecule has 0 radical (unpaired) electrons. The molecule has 2 aliphatic heterocycles. The van der Waals surface area contributed by atoms with Gasteiger partial charge in [-0.25, -0.2) is 4.31 Å². The molecule has 13 heavy (non-hydrogen) atoms. The maximum Gasteiger partial charge on any atom is 0.136 e. The van der Waals surface area contributed by atoms with Gasteiger partial charge in [0.2, 0.25) is 0 Å². The van der Waals surface area contributed by atoms with Crippen LogP contribution in [0, 0.1) is 0 Å². The summed E-state index contributed by atoms with van der Waals surface area (Å²) in [6.07, 6.45) is 0. The third kappa shape index (κ3) is 3.36. The van der Waals surface area contributed by atoms with Gasteiger partial charge in [0.25, 0.3) is 0 Å². The molecule has 74 valence electrons. The highest BCUT2D eigenvalue weighted by molar-refractivity contribution is 8.85. The van der Waals surface area contributed by atoms with Gasteiger partial charge < -0.3 is 4.74 Å². The number of aliphatic imine (C=N–C) groups is 1. The summed E-state index contributed by atoms with van der Waals surface area (Å²) >= 11 is 1.87. The highest BCUT2D eigenvalue weighted by atomic mass is 33.1. The minimum atomic E-state index is 0.868. The molecule has 6 heteroatoms. The van der Waals surface area contributed by atoms with E-state index in [1.165, 1.54) is 4.38 Å². The van der Waals surface area contributed by atoms with Gasteiger partial charge in [-0.2, -0.15) is 0 Å². The van der Waals surface area contributed by atoms with Crippen LogP contribution in [0.4, 0.5) is 0 Å². The van der Waals surface area contributed by atoms with Crippen molar-refractivity contribution >= 4 is 37.9 Å². The topological polar surface area (TPSA) is 24.8 Å². The van der Waals surface area contributed by atoms with Gasteiger partial charge in [0.15, 0.2) is 0 Å². The van der Waals surface area contributed by atoms with Crippen LogP contribution in [0.25, 0.3) is 0 Å². The minimum absolute atomic E-state index is 0.868. The summed E-state index contributed by atoms with van der Waals surface area (Å²) < 4.78 is 8.85. The Hall–Kier alpha value is 0.640. The molecule has 0 aromatic rings. The summed E-state index contributed by atoms with van der Waals surface area (Å²) in [7, 11) is 3.60. The van der Waals surface area contributed by atoms with E-state index in [1.807, 2.05) is 22.7 Å². The molecule has 3 nitrogen and oxygen atoms in total. The van der Waals surface area contributed by atoms with E-state index >= 15 is 0 Å². The van der Waals surface area contributed by atoms with Crippen molar-refractivity contribution in [1.29, 1.82) is 0 Å². The van der Waals surface area contributed by atoms with E-state index < -0.39 is 0 Å². The second-order valence-corrected chi connectivity index (χ2v) is 6.20. The van der Waals surface area contributed by atoms with Crippen molar-refractivity contribution in [2.24, 2.45) is 4.99 Å². The zero-order valence-electron chi connectivity index (χ0n) is 7.27. The molecule has 2 rings (SSSR count). The maximum absolute atomic E-state index is 5.27. The number of hydrogen-bond acceptors (Lipinski definition) is 6. The van der Waals surface area contributed by atoms with Gasteiger partial charge in [0, 0.05) is 18.8 Å². The molecular formula is C7H12N2OS3. The van der Waals surface area contributed by atoms with Gasteiger partial charge in [-0.3, -0.25) is 4.99 Å². The van der Waals surface area contributed by atoms with E-state index in [9.17, 15) is 0 Å². The average Bonchev–Trinajstić information content (AvgIpc) is 2.69. The Kier molecular flexibility index (Phi) is 4.30. The SMILES string of the molecule is C1CSC(SSN2CCOCC2)=N1. The second-order valence-electron chi connectivity index (χ2n) is 2.70. The van der Waals surface area contributed by atoms with Crippen molar-refractivity contribution in [3.05, 3.63) is 0 Å². The fraction of sp³-hybridized carbons (Fsp3) is 0.857. The molecule has 0 saturated carbocycles. The molecule has 0 unspecified atom stereocenters. The van der Waals surface area contributed by atoms with Crippen molar-refractivity contribution in [2.75, 3.05) is 38.6 Å². The predicted molar refractivity (Wildman–Crippen MR) is 62.3 cm³/mol. The molecule has 0 aliphatic carbocycles. The highest BCUT2D eigenvalue weighted by Gasteiger charge is 2.14. The van der Waals surface area contributed by atoms with E-state index in [0.29, 0.717) is 0 Å². The van der Waals surface area contributed by atoms with E-state index in [2.05, 4.69) is 9.30 Å². The summed E-state index contributed by atoms with van der Waals surface area (Å²) in [6, 6.07) is 0. The first-order chi connectivity index (χ1) is 6.45. The van der Waals surface area contributed by atoms with Crippen LogP contribution in [0.2, 0.25) is 0 Å². The molecule has 2 aliphatic rings. The number of ether oxygens (including phenoxy) is 1. The molecule has 0 amide bonds. The lowest BCUT2D eigenvalue weighted by Gasteiger charge is -2.24. The largest absolute Gasteiger partial charge is 0.379 e. The lowest BCUT2D eigenvalue weighted by atomic mass is 10.5. The second kappa shape index (κ2) is 5.50. The van der Waals surface area contributed by atoms with Gasteiger partial charge in [0.1, 0.15) is 4.38 Å². The molecule has 0 aromatic carbocycles. The van der Waals surface area contributed by atoms with Crippen molar-refractivity contribution < 1.29 is 4.74 Å². The molecule has 2 heterocycles. The first-order valence-electron chi connectivity index (χ1n) is 4.30. The van der Waals surface area contributed by atoms with Gasteiger partial charge in [0.05, 0.1) is 19.8 Å². The van der Waals surface area contributed by atoms with Crippen LogP contribution in [0.3, 0.4) is 0 Å². The van der Waals surface area contributed by atoms with Crippen molar-refractivity contribution in [2.45, 2.75) is 0 Å². The van der Waals surface area contributed by atoms with Crippen LogP contribution in [-0.2, 0) is 4.74 Å². The Balaban J connectivity index is 1.66. The number of morpholine rings is 1. The standard InChI is InChI=1S/C7H12N2OS3/c1-6-11-7(8-1)12-13-9-2-4-10-5-3-9/h1-6H2. The van der Waals surface area contributed by atoms with Gasteiger partial charge in [-0.15, -0.1) is 0 Å². The third-order valence-corrected chi connectivity index (χ3v) is 5.68. The summed E-state index contributed by atoms with van der Waals surface area (Å²) in [6.45, 7) is 4.81. The Morgan fingerprint density at radius 2 is 2.23 bits per heavy atom. The third-order valence-electron chi connectivity index (χ3n) is 1.74. The van der Waals surface area contributed by atoms with Crippen LogP contribution < -0.4 is 0 Å². The Morgan fingerprint density at radius 1 is 1.38 bits per heavy atom. The smallest absolute Gasteiger partial charge is 0.136 e. The monoisotopic (exact) mass is 236 g/mol.